The predicted octanol–water partition coefficient (Wildman–Crippen LogP) is 0.707. The number of nitrogens with zero attached hydrogens (tertiary/aromatic N) is 5. The van der Waals surface area contributed by atoms with Crippen molar-refractivity contribution >= 4 is 5.91 Å². The number of carbonyl (C=O) groups is 1. The number of likely N-dealkylation sites (tertiary alicyclic amines) is 2. The molecule has 1 unspecified atom stereocenters. The minimum absolute atomic E-state index is 0.0162. The molecule has 0 spiro atoms. The van der Waals surface area contributed by atoms with E-state index >= 15 is 0 Å². The maximum absolute atomic E-state index is 11.4. The fraction of sp³-hybridized carbons (Fsp3) is 0.824. The van der Waals surface area contributed by atoms with Crippen molar-refractivity contribution in [3.8, 4) is 0 Å². The fourth-order valence-corrected chi connectivity index (χ4v) is 3.91. The quantitative estimate of drug-likeness (QED) is 0.829. The van der Waals surface area contributed by atoms with E-state index in [2.05, 4.69) is 33.2 Å². The maximum atomic E-state index is 11.4. The first-order chi connectivity index (χ1) is 11.6. The first-order valence-electron chi connectivity index (χ1n) is 9.27. The van der Waals surface area contributed by atoms with E-state index in [9.17, 15) is 4.79 Å². The SMILES string of the molecule is CCN1CCC(Cn2cc(CN3CCCC(C(N)=O)C3)nn2)CC1. The zero-order valence-electron chi connectivity index (χ0n) is 14.7. The van der Waals surface area contributed by atoms with Gasteiger partial charge >= 0.3 is 0 Å². The van der Waals surface area contributed by atoms with Gasteiger partial charge in [0.15, 0.2) is 0 Å². The topological polar surface area (TPSA) is 80.3 Å². The van der Waals surface area contributed by atoms with Crippen molar-refractivity contribution in [3.63, 3.8) is 0 Å². The molecule has 2 aliphatic rings. The smallest absolute Gasteiger partial charge is 0.221 e. The summed E-state index contributed by atoms with van der Waals surface area (Å²) >= 11 is 0. The Hall–Kier alpha value is -1.47. The molecule has 0 radical (unpaired) electrons. The summed E-state index contributed by atoms with van der Waals surface area (Å²) in [5, 5.41) is 8.63. The minimum atomic E-state index is -0.179. The summed E-state index contributed by atoms with van der Waals surface area (Å²) in [5.74, 6) is 0.510. The zero-order chi connectivity index (χ0) is 16.9. The number of carbonyl (C=O) groups excluding carboxylic acids is 1. The molecule has 7 nitrogen and oxygen atoms in total. The molecule has 3 heterocycles. The summed E-state index contributed by atoms with van der Waals surface area (Å²) in [6, 6.07) is 0. The molecule has 2 fully saturated rings. The van der Waals surface area contributed by atoms with Gasteiger partial charge in [0.05, 0.1) is 11.6 Å². The summed E-state index contributed by atoms with van der Waals surface area (Å²) in [5.41, 5.74) is 6.44. The molecule has 3 rings (SSSR count). The predicted molar refractivity (Wildman–Crippen MR) is 92.1 cm³/mol. The van der Waals surface area contributed by atoms with Crippen LogP contribution in [0.4, 0.5) is 0 Å². The van der Waals surface area contributed by atoms with Gasteiger partial charge in [0, 0.05) is 25.8 Å². The van der Waals surface area contributed by atoms with Crippen molar-refractivity contribution in [3.05, 3.63) is 11.9 Å². The van der Waals surface area contributed by atoms with E-state index in [1.807, 2.05) is 4.68 Å². The number of hydrogen-bond acceptors (Lipinski definition) is 5. The van der Waals surface area contributed by atoms with E-state index in [4.69, 9.17) is 5.73 Å². The molecule has 0 bridgehead atoms. The van der Waals surface area contributed by atoms with Crippen LogP contribution in [0.1, 0.15) is 38.3 Å². The van der Waals surface area contributed by atoms with Crippen molar-refractivity contribution in [2.75, 3.05) is 32.7 Å². The molecule has 1 atom stereocenters. The highest BCUT2D eigenvalue weighted by molar-refractivity contribution is 5.76. The summed E-state index contributed by atoms with van der Waals surface area (Å²) < 4.78 is 2.00. The molecular formula is C17H30N6O. The summed E-state index contributed by atoms with van der Waals surface area (Å²) in [6.07, 6.45) is 6.50. The van der Waals surface area contributed by atoms with Crippen molar-refractivity contribution in [1.29, 1.82) is 0 Å². The molecule has 134 valence electrons. The van der Waals surface area contributed by atoms with Gasteiger partial charge in [0.1, 0.15) is 0 Å². The first-order valence-corrected chi connectivity index (χ1v) is 9.27. The van der Waals surface area contributed by atoms with Crippen LogP contribution in [0.2, 0.25) is 0 Å². The van der Waals surface area contributed by atoms with Gasteiger partial charge in [0.25, 0.3) is 0 Å². The van der Waals surface area contributed by atoms with E-state index < -0.39 is 0 Å². The molecule has 2 N–H and O–H groups in total. The molecule has 1 amide bonds. The normalized spacial score (nSPS) is 24.3. The number of hydrogen-bond donors (Lipinski definition) is 1. The van der Waals surface area contributed by atoms with E-state index in [1.165, 1.54) is 25.9 Å². The Morgan fingerprint density at radius 2 is 2.04 bits per heavy atom. The van der Waals surface area contributed by atoms with Gasteiger partial charge in [-0.3, -0.25) is 14.4 Å². The number of rotatable bonds is 6. The van der Waals surface area contributed by atoms with Gasteiger partial charge in [-0.1, -0.05) is 12.1 Å². The van der Waals surface area contributed by atoms with E-state index in [-0.39, 0.29) is 11.8 Å². The number of amides is 1. The van der Waals surface area contributed by atoms with Crippen LogP contribution in [0.5, 0.6) is 0 Å². The molecule has 24 heavy (non-hydrogen) atoms. The molecule has 2 aliphatic heterocycles. The molecule has 1 aromatic rings. The average Bonchev–Trinajstić information content (AvgIpc) is 3.02. The summed E-state index contributed by atoms with van der Waals surface area (Å²) in [4.78, 5) is 16.2. The minimum Gasteiger partial charge on any atom is -0.369 e. The van der Waals surface area contributed by atoms with Gasteiger partial charge in [0.2, 0.25) is 5.91 Å². The Labute approximate surface area is 144 Å². The van der Waals surface area contributed by atoms with Crippen LogP contribution in [0, 0.1) is 11.8 Å². The monoisotopic (exact) mass is 334 g/mol. The third kappa shape index (κ3) is 4.54. The molecule has 1 aromatic heterocycles. The summed E-state index contributed by atoms with van der Waals surface area (Å²) in [6.45, 7) is 9.27. The van der Waals surface area contributed by atoms with Gasteiger partial charge < -0.3 is 10.6 Å². The molecular weight excluding hydrogens is 304 g/mol. The maximum Gasteiger partial charge on any atom is 0.221 e. The standard InChI is InChI=1S/C17H30N6O/c1-2-21-8-5-14(6-9-21)10-23-13-16(19-20-23)12-22-7-3-4-15(11-22)17(18)24/h13-15H,2-12H2,1H3,(H2,18,24). The second kappa shape index (κ2) is 8.07. The van der Waals surface area contributed by atoms with Crippen molar-refractivity contribution in [1.82, 2.24) is 24.8 Å². The van der Waals surface area contributed by atoms with Crippen molar-refractivity contribution < 1.29 is 4.79 Å². The van der Waals surface area contributed by atoms with E-state index in [1.54, 1.807) is 0 Å². The third-order valence-corrected chi connectivity index (χ3v) is 5.48. The van der Waals surface area contributed by atoms with Crippen LogP contribution < -0.4 is 5.73 Å². The fourth-order valence-electron chi connectivity index (χ4n) is 3.91. The van der Waals surface area contributed by atoms with Gasteiger partial charge in [-0.25, -0.2) is 0 Å². The Morgan fingerprint density at radius 1 is 1.25 bits per heavy atom. The van der Waals surface area contributed by atoms with E-state index in [0.717, 1.165) is 51.3 Å². The summed E-state index contributed by atoms with van der Waals surface area (Å²) in [7, 11) is 0. The Kier molecular flexibility index (Phi) is 5.84. The molecule has 0 saturated carbocycles. The zero-order valence-corrected chi connectivity index (χ0v) is 14.7. The van der Waals surface area contributed by atoms with Crippen molar-refractivity contribution in [2.45, 2.75) is 45.7 Å². The average molecular weight is 334 g/mol. The molecule has 2 saturated heterocycles. The Morgan fingerprint density at radius 3 is 2.75 bits per heavy atom. The van der Waals surface area contributed by atoms with Crippen LogP contribution in [-0.2, 0) is 17.9 Å². The lowest BCUT2D eigenvalue weighted by Crippen LogP contribution is -2.40. The Balaban J connectivity index is 1.48. The molecule has 7 heteroatoms. The number of primary amides is 1. The molecule has 0 aromatic carbocycles. The first kappa shape index (κ1) is 17.4. The largest absolute Gasteiger partial charge is 0.369 e. The highest BCUT2D eigenvalue weighted by atomic mass is 16.1. The highest BCUT2D eigenvalue weighted by Crippen LogP contribution is 2.20. The third-order valence-electron chi connectivity index (χ3n) is 5.48. The Bertz CT molecular complexity index is 537. The second-order valence-corrected chi connectivity index (χ2v) is 7.29. The van der Waals surface area contributed by atoms with Crippen molar-refractivity contribution in [2.24, 2.45) is 17.6 Å². The van der Waals surface area contributed by atoms with E-state index in [0.29, 0.717) is 5.92 Å². The van der Waals surface area contributed by atoms with Crippen LogP contribution in [0.3, 0.4) is 0 Å². The van der Waals surface area contributed by atoms with Crippen LogP contribution in [-0.4, -0.2) is 63.4 Å². The highest BCUT2D eigenvalue weighted by Gasteiger charge is 2.24. The lowest BCUT2D eigenvalue weighted by atomic mass is 9.97. The van der Waals surface area contributed by atoms with Crippen LogP contribution >= 0.6 is 0 Å². The van der Waals surface area contributed by atoms with Gasteiger partial charge in [-0.15, -0.1) is 5.10 Å². The van der Waals surface area contributed by atoms with Crippen LogP contribution in [0.25, 0.3) is 0 Å². The second-order valence-electron chi connectivity index (χ2n) is 7.29. The molecule has 0 aliphatic carbocycles. The van der Waals surface area contributed by atoms with Crippen LogP contribution in [0.15, 0.2) is 6.20 Å². The van der Waals surface area contributed by atoms with Gasteiger partial charge in [-0.05, 0) is 57.8 Å². The lowest BCUT2D eigenvalue weighted by Gasteiger charge is -2.30. The number of nitrogens with two attached hydrogens (primary N) is 1. The number of piperidine rings is 2. The van der Waals surface area contributed by atoms with Gasteiger partial charge in [-0.2, -0.15) is 0 Å². The lowest BCUT2D eigenvalue weighted by molar-refractivity contribution is -0.123. The number of aromatic nitrogens is 3.